The zero-order valence-electron chi connectivity index (χ0n) is 9.04. The Bertz CT molecular complexity index is 401. The lowest BCUT2D eigenvalue weighted by Gasteiger charge is -2.22. The van der Waals surface area contributed by atoms with Crippen LogP contribution in [-0.4, -0.2) is 28.5 Å². The van der Waals surface area contributed by atoms with E-state index in [0.717, 1.165) is 25.8 Å². The highest BCUT2D eigenvalue weighted by Crippen LogP contribution is 2.26. The first-order valence-electron chi connectivity index (χ1n) is 5.38. The summed E-state index contributed by atoms with van der Waals surface area (Å²) < 4.78 is 0. The Morgan fingerprint density at radius 3 is 2.65 bits per heavy atom. The number of piperidine rings is 1. The quantitative estimate of drug-likeness (QED) is 0.808. The molecule has 1 aromatic heterocycles. The van der Waals surface area contributed by atoms with Crippen molar-refractivity contribution >= 4 is 34.8 Å². The van der Waals surface area contributed by atoms with E-state index in [1.54, 1.807) is 0 Å². The average molecular weight is 275 g/mol. The minimum absolute atomic E-state index is 0.147. The molecule has 17 heavy (non-hydrogen) atoms. The van der Waals surface area contributed by atoms with E-state index in [1.807, 2.05) is 0 Å². The Labute approximate surface area is 109 Å². The van der Waals surface area contributed by atoms with Crippen molar-refractivity contribution in [3.63, 3.8) is 0 Å². The summed E-state index contributed by atoms with van der Waals surface area (Å²) >= 11 is 11.7. The zero-order valence-corrected chi connectivity index (χ0v) is 10.6. The number of amides is 1. The number of carbonyl (C=O) groups is 1. The SMILES string of the molecule is O=C(Nc1c(Cl)ncnc1Cl)C1CCCCN1. The van der Waals surface area contributed by atoms with E-state index < -0.39 is 0 Å². The van der Waals surface area contributed by atoms with Crippen LogP contribution in [0, 0.1) is 0 Å². The van der Waals surface area contributed by atoms with Gasteiger partial charge in [0, 0.05) is 0 Å². The van der Waals surface area contributed by atoms with Gasteiger partial charge in [-0.15, -0.1) is 0 Å². The molecule has 1 unspecified atom stereocenters. The van der Waals surface area contributed by atoms with Crippen LogP contribution in [0.2, 0.25) is 10.3 Å². The van der Waals surface area contributed by atoms with Gasteiger partial charge in [0.05, 0.1) is 6.04 Å². The zero-order chi connectivity index (χ0) is 12.3. The second-order valence-electron chi connectivity index (χ2n) is 3.82. The number of rotatable bonds is 2. The van der Waals surface area contributed by atoms with Crippen molar-refractivity contribution in [2.45, 2.75) is 25.3 Å². The van der Waals surface area contributed by atoms with Gasteiger partial charge in [0.1, 0.15) is 12.0 Å². The molecule has 1 aliphatic heterocycles. The van der Waals surface area contributed by atoms with E-state index in [1.165, 1.54) is 6.33 Å². The summed E-state index contributed by atoms with van der Waals surface area (Å²) in [6.45, 7) is 0.852. The number of nitrogens with zero attached hydrogens (tertiary/aromatic N) is 2. The summed E-state index contributed by atoms with van der Waals surface area (Å²) in [7, 11) is 0. The standard InChI is InChI=1S/C10H12Cl2N4O/c11-8-7(9(12)15-5-14-8)16-10(17)6-3-1-2-4-13-6/h5-6,13H,1-4H2,(H,16,17). The molecule has 7 heteroatoms. The fourth-order valence-electron chi connectivity index (χ4n) is 1.73. The highest BCUT2D eigenvalue weighted by atomic mass is 35.5. The molecule has 0 saturated carbocycles. The van der Waals surface area contributed by atoms with Crippen molar-refractivity contribution in [3.8, 4) is 0 Å². The van der Waals surface area contributed by atoms with Crippen molar-refractivity contribution < 1.29 is 4.79 Å². The molecule has 92 valence electrons. The minimum Gasteiger partial charge on any atom is -0.320 e. The highest BCUT2D eigenvalue weighted by molar-refractivity contribution is 6.38. The molecule has 1 fully saturated rings. The Hall–Kier alpha value is -0.910. The smallest absolute Gasteiger partial charge is 0.241 e. The number of nitrogens with one attached hydrogen (secondary N) is 2. The van der Waals surface area contributed by atoms with Crippen LogP contribution in [0.15, 0.2) is 6.33 Å². The summed E-state index contributed by atoms with van der Waals surface area (Å²) in [4.78, 5) is 19.5. The van der Waals surface area contributed by atoms with Gasteiger partial charge in [-0.1, -0.05) is 29.6 Å². The maximum atomic E-state index is 11.9. The third-order valence-electron chi connectivity index (χ3n) is 2.63. The van der Waals surface area contributed by atoms with Crippen molar-refractivity contribution in [1.29, 1.82) is 0 Å². The van der Waals surface area contributed by atoms with Gasteiger partial charge < -0.3 is 10.6 Å². The van der Waals surface area contributed by atoms with Crippen molar-refractivity contribution in [3.05, 3.63) is 16.6 Å². The van der Waals surface area contributed by atoms with E-state index in [4.69, 9.17) is 23.2 Å². The molecule has 5 nitrogen and oxygen atoms in total. The normalized spacial score (nSPS) is 20.0. The Morgan fingerprint density at radius 2 is 2.06 bits per heavy atom. The molecular formula is C10H12Cl2N4O. The Balaban J connectivity index is 2.07. The third-order valence-corrected chi connectivity index (χ3v) is 3.20. The second-order valence-corrected chi connectivity index (χ2v) is 4.54. The minimum atomic E-state index is -0.198. The van der Waals surface area contributed by atoms with E-state index in [0.29, 0.717) is 0 Å². The van der Waals surface area contributed by atoms with Crippen LogP contribution in [0.3, 0.4) is 0 Å². The molecule has 0 aromatic carbocycles. The molecule has 1 aromatic rings. The molecule has 0 radical (unpaired) electrons. The number of halogens is 2. The van der Waals surface area contributed by atoms with Gasteiger partial charge in [-0.3, -0.25) is 4.79 Å². The van der Waals surface area contributed by atoms with Crippen LogP contribution in [0.25, 0.3) is 0 Å². The predicted octanol–water partition coefficient (Wildman–Crippen LogP) is 1.86. The molecule has 0 aliphatic carbocycles. The molecule has 0 bridgehead atoms. The van der Waals surface area contributed by atoms with E-state index in [9.17, 15) is 4.79 Å². The molecule has 1 aliphatic rings. The summed E-state index contributed by atoms with van der Waals surface area (Å²) in [5.41, 5.74) is 0.271. The van der Waals surface area contributed by atoms with Crippen LogP contribution >= 0.6 is 23.2 Å². The lowest BCUT2D eigenvalue weighted by atomic mass is 10.0. The topological polar surface area (TPSA) is 66.9 Å². The van der Waals surface area contributed by atoms with Gasteiger partial charge in [0.2, 0.25) is 5.91 Å². The average Bonchev–Trinajstić information content (AvgIpc) is 2.35. The molecule has 2 heterocycles. The monoisotopic (exact) mass is 274 g/mol. The van der Waals surface area contributed by atoms with Gasteiger partial charge in [-0.05, 0) is 19.4 Å². The molecule has 1 saturated heterocycles. The first-order valence-corrected chi connectivity index (χ1v) is 6.14. The summed E-state index contributed by atoms with van der Waals surface area (Å²) in [5, 5.41) is 6.09. The second kappa shape index (κ2) is 5.62. The van der Waals surface area contributed by atoms with Gasteiger partial charge in [0.15, 0.2) is 10.3 Å². The number of hydrogen-bond acceptors (Lipinski definition) is 4. The van der Waals surface area contributed by atoms with Gasteiger partial charge in [-0.25, -0.2) is 9.97 Å². The van der Waals surface area contributed by atoms with Crippen LogP contribution in [0.1, 0.15) is 19.3 Å². The molecule has 2 N–H and O–H groups in total. The fraction of sp³-hybridized carbons (Fsp3) is 0.500. The van der Waals surface area contributed by atoms with Crippen LogP contribution in [-0.2, 0) is 4.79 Å². The maximum Gasteiger partial charge on any atom is 0.241 e. The van der Waals surface area contributed by atoms with Gasteiger partial charge in [-0.2, -0.15) is 0 Å². The lowest BCUT2D eigenvalue weighted by Crippen LogP contribution is -2.43. The van der Waals surface area contributed by atoms with E-state index >= 15 is 0 Å². The molecule has 1 atom stereocenters. The van der Waals surface area contributed by atoms with Crippen LogP contribution in [0.4, 0.5) is 5.69 Å². The maximum absolute atomic E-state index is 11.9. The Kier molecular flexibility index (Phi) is 4.15. The van der Waals surface area contributed by atoms with Gasteiger partial charge >= 0.3 is 0 Å². The number of aromatic nitrogens is 2. The molecule has 1 amide bonds. The largest absolute Gasteiger partial charge is 0.320 e. The predicted molar refractivity (Wildman–Crippen MR) is 66.3 cm³/mol. The van der Waals surface area contributed by atoms with Crippen LogP contribution in [0.5, 0.6) is 0 Å². The summed E-state index contributed by atoms with van der Waals surface area (Å²) in [6.07, 6.45) is 4.20. The summed E-state index contributed by atoms with van der Waals surface area (Å²) in [6, 6.07) is -0.198. The van der Waals surface area contributed by atoms with Crippen molar-refractivity contribution in [2.75, 3.05) is 11.9 Å². The van der Waals surface area contributed by atoms with Crippen molar-refractivity contribution in [1.82, 2.24) is 15.3 Å². The molecule has 2 rings (SSSR count). The molecule has 0 spiro atoms. The van der Waals surface area contributed by atoms with Gasteiger partial charge in [0.25, 0.3) is 0 Å². The number of anilines is 1. The van der Waals surface area contributed by atoms with E-state index in [2.05, 4.69) is 20.6 Å². The van der Waals surface area contributed by atoms with Crippen molar-refractivity contribution in [2.24, 2.45) is 0 Å². The number of carbonyl (C=O) groups excluding carboxylic acids is 1. The highest BCUT2D eigenvalue weighted by Gasteiger charge is 2.22. The fourth-order valence-corrected chi connectivity index (χ4v) is 2.14. The third kappa shape index (κ3) is 3.06. The molecular weight excluding hydrogens is 263 g/mol. The lowest BCUT2D eigenvalue weighted by molar-refractivity contribution is -0.118. The first kappa shape index (κ1) is 12.5. The first-order chi connectivity index (χ1) is 8.18. The van der Waals surface area contributed by atoms with E-state index in [-0.39, 0.29) is 27.9 Å². The van der Waals surface area contributed by atoms with Crippen LogP contribution < -0.4 is 10.6 Å². The Morgan fingerprint density at radius 1 is 1.35 bits per heavy atom. The summed E-state index contributed by atoms with van der Waals surface area (Å²) in [5.74, 6) is -0.150. The number of hydrogen-bond donors (Lipinski definition) is 2.